The molecule has 7 heteroatoms. The molecule has 0 aromatic heterocycles. The molecule has 1 aromatic carbocycles. The predicted molar refractivity (Wildman–Crippen MR) is 71.3 cm³/mol. The maximum Gasteiger partial charge on any atom is 0.223 e. The van der Waals surface area contributed by atoms with Crippen LogP contribution in [0.4, 0.5) is 5.69 Å². The number of rotatable bonds is 1. The topological polar surface area (TPSA) is 103 Å². The molecule has 0 saturated heterocycles. The number of guanidine groups is 2. The first-order valence-electron chi connectivity index (χ1n) is 3.88. The van der Waals surface area contributed by atoms with Crippen LogP contribution < -0.4 is 17.2 Å². The molecule has 0 radical (unpaired) electrons. The van der Waals surface area contributed by atoms with Crippen LogP contribution in [-0.2, 0) is 0 Å². The standard InChI is InChI=1S/C8H9ClIN5/c9-5-3-4(1-2-6(5)10)14-8(13)15-7(11)12/h1-3H,(H6,11,12,13,14,15). The van der Waals surface area contributed by atoms with Gasteiger partial charge in [-0.25, -0.2) is 4.99 Å². The van der Waals surface area contributed by atoms with Gasteiger partial charge in [-0.05, 0) is 40.8 Å². The molecule has 1 aromatic rings. The summed E-state index contributed by atoms with van der Waals surface area (Å²) in [5.74, 6) is -0.139. The molecule has 0 aliphatic heterocycles. The Balaban J connectivity index is 2.99. The molecule has 0 amide bonds. The van der Waals surface area contributed by atoms with Crippen molar-refractivity contribution in [3.63, 3.8) is 0 Å². The molecule has 0 heterocycles. The number of aliphatic imine (C=N–C) groups is 2. The highest BCUT2D eigenvalue weighted by molar-refractivity contribution is 14.1. The number of benzene rings is 1. The third-order valence-corrected chi connectivity index (χ3v) is 2.96. The molecule has 0 spiro atoms. The van der Waals surface area contributed by atoms with Crippen LogP contribution in [-0.4, -0.2) is 11.9 Å². The smallest absolute Gasteiger partial charge is 0.223 e. The van der Waals surface area contributed by atoms with E-state index in [-0.39, 0.29) is 11.9 Å². The Morgan fingerprint density at radius 2 is 1.93 bits per heavy atom. The van der Waals surface area contributed by atoms with Crippen molar-refractivity contribution < 1.29 is 0 Å². The van der Waals surface area contributed by atoms with E-state index in [0.29, 0.717) is 10.7 Å². The second-order valence-electron chi connectivity index (χ2n) is 2.61. The molecule has 0 fully saturated rings. The van der Waals surface area contributed by atoms with Crippen molar-refractivity contribution in [1.82, 2.24) is 0 Å². The summed E-state index contributed by atoms with van der Waals surface area (Å²) >= 11 is 8.02. The fourth-order valence-corrected chi connectivity index (χ4v) is 1.35. The van der Waals surface area contributed by atoms with Crippen LogP contribution in [0.3, 0.4) is 0 Å². The van der Waals surface area contributed by atoms with Crippen LogP contribution in [0.5, 0.6) is 0 Å². The minimum absolute atomic E-state index is 0.00715. The minimum Gasteiger partial charge on any atom is -0.370 e. The lowest BCUT2D eigenvalue weighted by molar-refractivity contribution is 1.38. The molecule has 5 nitrogen and oxygen atoms in total. The van der Waals surface area contributed by atoms with Gasteiger partial charge in [0.15, 0.2) is 5.96 Å². The van der Waals surface area contributed by atoms with Gasteiger partial charge in [-0.3, -0.25) is 0 Å². The average molecular weight is 338 g/mol. The van der Waals surface area contributed by atoms with Gasteiger partial charge in [-0.15, -0.1) is 0 Å². The van der Waals surface area contributed by atoms with E-state index in [1.165, 1.54) is 0 Å². The molecule has 1 rings (SSSR count). The average Bonchev–Trinajstić information content (AvgIpc) is 2.10. The summed E-state index contributed by atoms with van der Waals surface area (Å²) < 4.78 is 0.939. The summed E-state index contributed by atoms with van der Waals surface area (Å²) in [6.45, 7) is 0. The molecule has 0 aliphatic carbocycles. The van der Waals surface area contributed by atoms with Gasteiger partial charge in [-0.1, -0.05) is 11.6 Å². The van der Waals surface area contributed by atoms with Gasteiger partial charge in [0.1, 0.15) is 0 Å². The molecular formula is C8H9ClIN5. The Morgan fingerprint density at radius 1 is 1.27 bits per heavy atom. The van der Waals surface area contributed by atoms with Gasteiger partial charge < -0.3 is 17.2 Å². The van der Waals surface area contributed by atoms with Crippen LogP contribution in [0.2, 0.25) is 5.02 Å². The zero-order valence-electron chi connectivity index (χ0n) is 7.61. The lowest BCUT2D eigenvalue weighted by Crippen LogP contribution is -2.26. The molecule has 15 heavy (non-hydrogen) atoms. The van der Waals surface area contributed by atoms with Crippen molar-refractivity contribution in [3.8, 4) is 0 Å². The Kier molecular flexibility index (Phi) is 4.15. The van der Waals surface area contributed by atoms with E-state index >= 15 is 0 Å². The van der Waals surface area contributed by atoms with E-state index < -0.39 is 0 Å². The van der Waals surface area contributed by atoms with Crippen molar-refractivity contribution in [3.05, 3.63) is 26.8 Å². The zero-order chi connectivity index (χ0) is 11.4. The van der Waals surface area contributed by atoms with E-state index in [0.717, 1.165) is 3.57 Å². The first-order valence-corrected chi connectivity index (χ1v) is 5.33. The zero-order valence-corrected chi connectivity index (χ0v) is 10.5. The van der Waals surface area contributed by atoms with Crippen molar-refractivity contribution in [2.45, 2.75) is 0 Å². The number of hydrogen-bond acceptors (Lipinski definition) is 1. The lowest BCUT2D eigenvalue weighted by Gasteiger charge is -1.98. The maximum absolute atomic E-state index is 5.90. The van der Waals surface area contributed by atoms with Crippen molar-refractivity contribution >= 4 is 51.8 Å². The van der Waals surface area contributed by atoms with Crippen molar-refractivity contribution in [2.24, 2.45) is 27.2 Å². The summed E-state index contributed by atoms with van der Waals surface area (Å²) in [5, 5.41) is 0.606. The predicted octanol–water partition coefficient (Wildman–Crippen LogP) is 1.16. The van der Waals surface area contributed by atoms with Crippen molar-refractivity contribution in [2.75, 3.05) is 0 Å². The summed E-state index contributed by atoms with van der Waals surface area (Å²) in [5.41, 5.74) is 16.3. The number of nitrogens with two attached hydrogens (primary N) is 3. The quantitative estimate of drug-likeness (QED) is 0.407. The highest BCUT2D eigenvalue weighted by Gasteiger charge is 1.98. The Morgan fingerprint density at radius 3 is 2.47 bits per heavy atom. The van der Waals surface area contributed by atoms with Crippen LogP contribution >= 0.6 is 34.2 Å². The van der Waals surface area contributed by atoms with Crippen LogP contribution in [0, 0.1) is 3.57 Å². The molecule has 0 saturated carbocycles. The molecule has 6 N–H and O–H groups in total. The van der Waals surface area contributed by atoms with Crippen LogP contribution in [0.15, 0.2) is 28.2 Å². The highest BCUT2D eigenvalue weighted by atomic mass is 127. The minimum atomic E-state index is -0.132. The first kappa shape index (κ1) is 12.1. The van der Waals surface area contributed by atoms with Gasteiger partial charge >= 0.3 is 0 Å². The number of nitrogens with zero attached hydrogens (tertiary/aromatic N) is 2. The van der Waals surface area contributed by atoms with Gasteiger partial charge in [0.05, 0.1) is 10.7 Å². The Hall–Kier alpha value is -1.02. The van der Waals surface area contributed by atoms with Crippen molar-refractivity contribution in [1.29, 1.82) is 0 Å². The van der Waals surface area contributed by atoms with Crippen LogP contribution in [0.1, 0.15) is 0 Å². The number of hydrogen-bond donors (Lipinski definition) is 3. The summed E-state index contributed by atoms with van der Waals surface area (Å²) in [6.07, 6.45) is 0. The molecule has 0 bridgehead atoms. The SMILES string of the molecule is NC(N)=NC(N)=Nc1ccc(I)c(Cl)c1. The highest BCUT2D eigenvalue weighted by Crippen LogP contribution is 2.23. The molecule has 0 atom stereocenters. The van der Waals surface area contributed by atoms with Gasteiger partial charge in [0, 0.05) is 3.57 Å². The van der Waals surface area contributed by atoms with Crippen LogP contribution in [0.25, 0.3) is 0 Å². The lowest BCUT2D eigenvalue weighted by atomic mass is 10.3. The van der Waals surface area contributed by atoms with E-state index in [2.05, 4.69) is 32.6 Å². The van der Waals surface area contributed by atoms with Gasteiger partial charge in [0.25, 0.3) is 0 Å². The first-order chi connectivity index (χ1) is 6.99. The fraction of sp³-hybridized carbons (Fsp3) is 0. The Bertz CT molecular complexity index is 425. The van der Waals surface area contributed by atoms with E-state index in [1.54, 1.807) is 12.1 Å². The summed E-state index contributed by atoms with van der Waals surface area (Å²) in [4.78, 5) is 7.54. The van der Waals surface area contributed by atoms with E-state index in [4.69, 9.17) is 28.8 Å². The third kappa shape index (κ3) is 3.92. The second-order valence-corrected chi connectivity index (χ2v) is 4.17. The maximum atomic E-state index is 5.90. The molecule has 0 aliphatic rings. The normalized spacial score (nSPS) is 11.2. The fourth-order valence-electron chi connectivity index (χ4n) is 0.844. The van der Waals surface area contributed by atoms with Gasteiger partial charge in [-0.2, -0.15) is 4.99 Å². The van der Waals surface area contributed by atoms with Gasteiger partial charge in [0.2, 0.25) is 5.96 Å². The molecule has 0 unspecified atom stereocenters. The van der Waals surface area contributed by atoms with E-state index in [1.807, 2.05) is 6.07 Å². The number of halogens is 2. The third-order valence-electron chi connectivity index (χ3n) is 1.39. The molecular weight excluding hydrogens is 328 g/mol. The largest absolute Gasteiger partial charge is 0.370 e. The monoisotopic (exact) mass is 337 g/mol. The summed E-state index contributed by atoms with van der Waals surface area (Å²) in [6, 6.07) is 5.27. The molecule has 80 valence electrons. The summed E-state index contributed by atoms with van der Waals surface area (Å²) in [7, 11) is 0. The van der Waals surface area contributed by atoms with E-state index in [9.17, 15) is 0 Å². The second kappa shape index (κ2) is 5.17. The Labute approximate surface area is 106 Å².